The number of amides is 1. The Kier molecular flexibility index (Phi) is 6.99. The molecule has 0 aliphatic carbocycles. The highest BCUT2D eigenvalue weighted by molar-refractivity contribution is 7.91. The van der Waals surface area contributed by atoms with Crippen LogP contribution in [0.1, 0.15) is 30.9 Å². The predicted molar refractivity (Wildman–Crippen MR) is 141 cm³/mol. The Morgan fingerprint density at radius 1 is 1.11 bits per heavy atom. The maximum atomic E-state index is 13.9. The number of carbonyl (C=O) groups is 1. The fraction of sp³-hybridized carbons (Fsp3) is 0.519. The molecule has 0 N–H and O–H groups in total. The van der Waals surface area contributed by atoms with E-state index in [-0.39, 0.29) is 19.1 Å². The fourth-order valence-electron chi connectivity index (χ4n) is 5.72. The summed E-state index contributed by atoms with van der Waals surface area (Å²) in [4.78, 5) is 16.9. The normalized spacial score (nSPS) is 20.9. The average Bonchev–Trinajstić information content (AvgIpc) is 3.01. The SMILES string of the molecule is CC(F)(F)CN1C(=O)C2(CCN(CCOc3ccc(C4(S(C)(=O)=O)COC4)cc3)CC2)c2cc(Cl)ccc21. The predicted octanol–water partition coefficient (Wildman–Crippen LogP) is 4.02. The maximum absolute atomic E-state index is 13.9. The molecule has 206 valence electrons. The number of fused-ring (bicyclic) bond motifs is 2. The Morgan fingerprint density at radius 2 is 1.76 bits per heavy atom. The average molecular weight is 569 g/mol. The number of hydrogen-bond acceptors (Lipinski definition) is 6. The minimum Gasteiger partial charge on any atom is -0.492 e. The van der Waals surface area contributed by atoms with E-state index in [1.807, 2.05) is 0 Å². The van der Waals surface area contributed by atoms with Crippen molar-refractivity contribution in [1.29, 1.82) is 0 Å². The highest BCUT2D eigenvalue weighted by Crippen LogP contribution is 2.49. The largest absolute Gasteiger partial charge is 0.492 e. The second kappa shape index (κ2) is 9.73. The van der Waals surface area contributed by atoms with Crippen molar-refractivity contribution in [2.75, 3.05) is 57.2 Å². The van der Waals surface area contributed by atoms with Gasteiger partial charge in [-0.2, -0.15) is 0 Å². The summed E-state index contributed by atoms with van der Waals surface area (Å²) in [6, 6.07) is 12.1. The maximum Gasteiger partial charge on any atom is 0.263 e. The second-order valence-corrected chi connectivity index (χ2v) is 13.4. The summed E-state index contributed by atoms with van der Waals surface area (Å²) in [7, 11) is -3.32. The van der Waals surface area contributed by atoms with Crippen LogP contribution in [0.15, 0.2) is 42.5 Å². The number of anilines is 1. The van der Waals surface area contributed by atoms with Crippen molar-refractivity contribution in [3.63, 3.8) is 0 Å². The van der Waals surface area contributed by atoms with E-state index in [0.717, 1.165) is 12.5 Å². The van der Waals surface area contributed by atoms with Gasteiger partial charge in [-0.05, 0) is 67.4 Å². The number of sulfone groups is 1. The highest BCUT2D eigenvalue weighted by atomic mass is 35.5. The molecular formula is C27H31ClF2N2O5S. The number of ether oxygens (including phenoxy) is 2. The summed E-state index contributed by atoms with van der Waals surface area (Å²) in [5, 5.41) is 0.482. The summed E-state index contributed by atoms with van der Waals surface area (Å²) in [5.41, 5.74) is 1.10. The zero-order chi connectivity index (χ0) is 27.3. The standard InChI is InChI=1S/C27H31ClF2N2O5S/c1-25(29,30)16-32-23-8-5-20(28)15-22(23)26(24(32)33)9-11-31(12-10-26)13-14-37-21-6-3-19(4-7-21)27(17-36-18-27)38(2,34)35/h3-8,15H,9-14,16-18H2,1-2H3. The van der Waals surface area contributed by atoms with Gasteiger partial charge in [0.05, 0.1) is 25.2 Å². The van der Waals surface area contributed by atoms with E-state index in [2.05, 4.69) is 4.90 Å². The Labute approximate surface area is 226 Å². The highest BCUT2D eigenvalue weighted by Gasteiger charge is 2.53. The molecule has 38 heavy (non-hydrogen) atoms. The first-order valence-electron chi connectivity index (χ1n) is 12.6. The van der Waals surface area contributed by atoms with E-state index in [4.69, 9.17) is 21.1 Å². The monoisotopic (exact) mass is 568 g/mol. The van der Waals surface area contributed by atoms with Crippen molar-refractivity contribution in [2.24, 2.45) is 0 Å². The first kappa shape index (κ1) is 27.3. The second-order valence-electron chi connectivity index (χ2n) is 10.7. The van der Waals surface area contributed by atoms with Crippen LogP contribution >= 0.6 is 11.6 Å². The van der Waals surface area contributed by atoms with Gasteiger partial charge in [-0.3, -0.25) is 9.69 Å². The quantitative estimate of drug-likeness (QED) is 0.479. The molecule has 0 saturated carbocycles. The summed E-state index contributed by atoms with van der Waals surface area (Å²) in [6.07, 6.45) is 2.25. The van der Waals surface area contributed by atoms with E-state index in [1.54, 1.807) is 42.5 Å². The third kappa shape index (κ3) is 4.80. The van der Waals surface area contributed by atoms with Gasteiger partial charge in [0.2, 0.25) is 5.91 Å². The van der Waals surface area contributed by atoms with Crippen LogP contribution in [0.2, 0.25) is 5.02 Å². The van der Waals surface area contributed by atoms with Crippen LogP contribution in [0.25, 0.3) is 0 Å². The molecule has 3 aliphatic heterocycles. The van der Waals surface area contributed by atoms with Crippen molar-refractivity contribution in [1.82, 2.24) is 4.90 Å². The molecule has 3 heterocycles. The van der Waals surface area contributed by atoms with Gasteiger partial charge in [-0.25, -0.2) is 17.2 Å². The Balaban J connectivity index is 1.19. The minimum absolute atomic E-state index is 0.153. The number of hydrogen-bond donors (Lipinski definition) is 0. The zero-order valence-electron chi connectivity index (χ0n) is 21.4. The van der Waals surface area contributed by atoms with Crippen LogP contribution in [0.3, 0.4) is 0 Å². The smallest absolute Gasteiger partial charge is 0.263 e. The third-order valence-corrected chi connectivity index (χ3v) is 10.1. The molecule has 2 aromatic rings. The number of rotatable bonds is 8. The van der Waals surface area contributed by atoms with Crippen molar-refractivity contribution in [2.45, 2.75) is 35.8 Å². The number of piperidine rings is 1. The molecule has 0 bridgehead atoms. The van der Waals surface area contributed by atoms with Crippen LogP contribution in [0.4, 0.5) is 14.5 Å². The third-order valence-electron chi connectivity index (χ3n) is 8.00. The lowest BCUT2D eigenvalue weighted by Gasteiger charge is -2.40. The lowest BCUT2D eigenvalue weighted by Crippen LogP contribution is -2.52. The molecule has 0 atom stereocenters. The van der Waals surface area contributed by atoms with E-state index >= 15 is 0 Å². The molecule has 0 radical (unpaired) electrons. The molecule has 2 fully saturated rings. The molecule has 0 unspecified atom stereocenters. The number of carbonyl (C=O) groups excluding carboxylic acids is 1. The Hall–Kier alpha value is -2.27. The number of benzene rings is 2. The molecule has 0 aromatic heterocycles. The lowest BCUT2D eigenvalue weighted by atomic mass is 9.73. The summed E-state index contributed by atoms with van der Waals surface area (Å²) in [6.45, 7) is 2.75. The Morgan fingerprint density at radius 3 is 2.32 bits per heavy atom. The molecule has 1 spiro atoms. The molecule has 5 rings (SSSR count). The van der Waals surface area contributed by atoms with E-state index in [1.165, 1.54) is 11.2 Å². The molecule has 11 heteroatoms. The molecule has 2 aromatic carbocycles. The lowest BCUT2D eigenvalue weighted by molar-refractivity contribution is -0.126. The van der Waals surface area contributed by atoms with Crippen molar-refractivity contribution in [3.05, 3.63) is 58.6 Å². The van der Waals surface area contributed by atoms with Gasteiger partial charge >= 0.3 is 0 Å². The van der Waals surface area contributed by atoms with Crippen molar-refractivity contribution < 1.29 is 31.5 Å². The van der Waals surface area contributed by atoms with Crippen molar-refractivity contribution in [3.8, 4) is 5.75 Å². The van der Waals surface area contributed by atoms with Gasteiger partial charge in [0.1, 0.15) is 17.1 Å². The van der Waals surface area contributed by atoms with E-state index in [9.17, 15) is 22.0 Å². The first-order chi connectivity index (χ1) is 17.8. The number of halogens is 3. The number of likely N-dealkylation sites (tertiary alicyclic amines) is 1. The topological polar surface area (TPSA) is 76.2 Å². The number of nitrogens with zero attached hydrogens (tertiary/aromatic N) is 2. The van der Waals surface area contributed by atoms with Crippen LogP contribution in [-0.2, 0) is 29.5 Å². The number of alkyl halides is 2. The van der Waals surface area contributed by atoms with Gasteiger partial charge in [-0.1, -0.05) is 23.7 Å². The summed E-state index contributed by atoms with van der Waals surface area (Å²) < 4.78 is 62.4. The molecule has 3 aliphatic rings. The molecule has 1 amide bonds. The molecular weight excluding hydrogens is 538 g/mol. The van der Waals surface area contributed by atoms with E-state index < -0.39 is 32.5 Å². The van der Waals surface area contributed by atoms with Gasteiger partial charge in [0.15, 0.2) is 9.84 Å². The first-order valence-corrected chi connectivity index (χ1v) is 14.8. The zero-order valence-corrected chi connectivity index (χ0v) is 23.0. The van der Waals surface area contributed by atoms with Gasteiger partial charge in [-0.15, -0.1) is 0 Å². The fourth-order valence-corrected chi connectivity index (χ4v) is 7.05. The van der Waals surface area contributed by atoms with E-state index in [0.29, 0.717) is 61.1 Å². The summed E-state index contributed by atoms with van der Waals surface area (Å²) in [5.74, 6) is -2.65. The molecule has 2 saturated heterocycles. The minimum atomic E-state index is -3.32. The van der Waals surface area contributed by atoms with Crippen LogP contribution in [0.5, 0.6) is 5.75 Å². The van der Waals surface area contributed by atoms with Gasteiger partial charge in [0.25, 0.3) is 5.92 Å². The van der Waals surface area contributed by atoms with Crippen LogP contribution in [0, 0.1) is 0 Å². The Bertz CT molecular complexity index is 1320. The van der Waals surface area contributed by atoms with Crippen molar-refractivity contribution >= 4 is 33.0 Å². The van der Waals surface area contributed by atoms with Gasteiger partial charge in [0, 0.05) is 30.4 Å². The van der Waals surface area contributed by atoms with Gasteiger partial charge < -0.3 is 14.4 Å². The summed E-state index contributed by atoms with van der Waals surface area (Å²) >= 11 is 6.24. The molecule has 7 nitrogen and oxygen atoms in total. The van der Waals surface area contributed by atoms with Crippen LogP contribution < -0.4 is 9.64 Å². The van der Waals surface area contributed by atoms with Crippen LogP contribution in [-0.4, -0.2) is 77.4 Å².